The number of aromatic nitrogens is 3. The van der Waals surface area contributed by atoms with E-state index >= 15 is 0 Å². The van der Waals surface area contributed by atoms with E-state index in [2.05, 4.69) is 20.5 Å². The number of H-pyrrole nitrogens is 1. The Balaban J connectivity index is 1.40. The lowest BCUT2D eigenvalue weighted by Gasteiger charge is -2.26. The number of aryl methyl sites for hydroxylation is 1. The predicted octanol–water partition coefficient (Wildman–Crippen LogP) is 2.59. The van der Waals surface area contributed by atoms with Crippen LogP contribution in [0.5, 0.6) is 0 Å². The van der Waals surface area contributed by atoms with E-state index in [1.54, 1.807) is 30.4 Å². The summed E-state index contributed by atoms with van der Waals surface area (Å²) in [5.41, 5.74) is 1.05. The molecule has 0 atom stereocenters. The van der Waals surface area contributed by atoms with E-state index in [1.807, 2.05) is 17.5 Å². The summed E-state index contributed by atoms with van der Waals surface area (Å²) >= 11 is 2.75. The van der Waals surface area contributed by atoms with E-state index in [0.717, 1.165) is 4.88 Å². The third kappa shape index (κ3) is 5.15. The molecule has 0 spiro atoms. The fourth-order valence-corrected chi connectivity index (χ4v) is 5.96. The van der Waals surface area contributed by atoms with E-state index in [-0.39, 0.29) is 16.6 Å². The minimum atomic E-state index is -3.65. The number of nitrogens with one attached hydrogen (secondary N) is 2. The fraction of sp³-hybridized carbons (Fsp3) is 0.316. The summed E-state index contributed by atoms with van der Waals surface area (Å²) in [7, 11) is -3.65. The molecule has 0 radical (unpaired) electrons. The molecule has 1 aromatic carbocycles. The van der Waals surface area contributed by atoms with Crippen LogP contribution >= 0.6 is 23.1 Å². The van der Waals surface area contributed by atoms with Gasteiger partial charge in [-0.15, -0.1) is 16.4 Å². The largest absolute Gasteiger partial charge is 0.379 e. The van der Waals surface area contributed by atoms with Gasteiger partial charge in [0.25, 0.3) is 0 Å². The molecule has 31 heavy (non-hydrogen) atoms. The third-order valence-electron chi connectivity index (χ3n) is 4.61. The van der Waals surface area contributed by atoms with E-state index in [1.165, 1.54) is 22.1 Å². The second-order valence-corrected chi connectivity index (χ2v) is 10.6. The minimum Gasteiger partial charge on any atom is -0.379 e. The van der Waals surface area contributed by atoms with Crippen LogP contribution in [0.4, 0.5) is 5.69 Å². The Labute approximate surface area is 188 Å². The maximum Gasteiger partial charge on any atom is 0.243 e. The van der Waals surface area contributed by atoms with Gasteiger partial charge in [-0.05, 0) is 36.1 Å². The van der Waals surface area contributed by atoms with Gasteiger partial charge in [-0.2, -0.15) is 4.31 Å². The first kappa shape index (κ1) is 22.0. The van der Waals surface area contributed by atoms with Crippen molar-refractivity contribution in [2.75, 3.05) is 37.4 Å². The first-order chi connectivity index (χ1) is 14.9. The van der Waals surface area contributed by atoms with Gasteiger partial charge in [-0.1, -0.05) is 23.9 Å². The number of anilines is 1. The number of thioether (sulfide) groups is 1. The van der Waals surface area contributed by atoms with E-state index in [0.29, 0.717) is 48.5 Å². The second kappa shape index (κ2) is 9.49. The van der Waals surface area contributed by atoms with Crippen molar-refractivity contribution in [3.05, 3.63) is 41.3 Å². The molecule has 3 aromatic rings. The van der Waals surface area contributed by atoms with Crippen molar-refractivity contribution in [1.29, 1.82) is 0 Å². The Morgan fingerprint density at radius 1 is 1.32 bits per heavy atom. The summed E-state index contributed by atoms with van der Waals surface area (Å²) in [6.07, 6.45) is 0. The lowest BCUT2D eigenvalue weighted by molar-refractivity contribution is -0.113. The van der Waals surface area contributed by atoms with Gasteiger partial charge in [-0.3, -0.25) is 9.89 Å². The number of benzene rings is 1. The van der Waals surface area contributed by atoms with Crippen LogP contribution < -0.4 is 5.32 Å². The van der Waals surface area contributed by atoms with E-state index in [9.17, 15) is 13.2 Å². The van der Waals surface area contributed by atoms with Crippen molar-refractivity contribution >= 4 is 44.7 Å². The van der Waals surface area contributed by atoms with Crippen molar-refractivity contribution in [1.82, 2.24) is 19.5 Å². The summed E-state index contributed by atoms with van der Waals surface area (Å²) < 4.78 is 32.6. The van der Waals surface area contributed by atoms with Gasteiger partial charge in [0.2, 0.25) is 21.1 Å². The molecule has 12 heteroatoms. The number of hydrogen-bond acceptors (Lipinski definition) is 8. The third-order valence-corrected chi connectivity index (χ3v) is 8.38. The standard InChI is InChI=1S/C19H21N5O4S3/c1-13-4-5-14(11-16(13)31(26,27)24-6-8-28-9-7-24)20-17(25)12-30-19-21-18(22-23-19)15-3-2-10-29-15/h2-5,10-11H,6-9,12H2,1H3,(H,20,25)(H,21,22,23). The lowest BCUT2D eigenvalue weighted by atomic mass is 10.2. The van der Waals surface area contributed by atoms with Crippen molar-refractivity contribution < 1.29 is 17.9 Å². The number of amides is 1. The van der Waals surface area contributed by atoms with Gasteiger partial charge in [-0.25, -0.2) is 13.4 Å². The molecule has 0 bridgehead atoms. The maximum absolute atomic E-state index is 13.0. The van der Waals surface area contributed by atoms with Crippen molar-refractivity contribution in [2.24, 2.45) is 0 Å². The summed E-state index contributed by atoms with van der Waals surface area (Å²) in [6, 6.07) is 8.76. The maximum atomic E-state index is 13.0. The molecule has 2 aromatic heterocycles. The van der Waals surface area contributed by atoms with Crippen LogP contribution in [-0.2, 0) is 19.6 Å². The molecular weight excluding hydrogens is 458 g/mol. The smallest absolute Gasteiger partial charge is 0.243 e. The highest BCUT2D eigenvalue weighted by atomic mass is 32.2. The highest BCUT2D eigenvalue weighted by molar-refractivity contribution is 7.99. The van der Waals surface area contributed by atoms with Crippen LogP contribution in [0.1, 0.15) is 5.56 Å². The number of hydrogen-bond donors (Lipinski definition) is 2. The number of sulfonamides is 1. The number of carbonyl (C=O) groups is 1. The average molecular weight is 480 g/mol. The molecule has 1 fully saturated rings. The van der Waals surface area contributed by atoms with Crippen LogP contribution in [-0.4, -0.2) is 65.9 Å². The Hall–Kier alpha value is -2.25. The van der Waals surface area contributed by atoms with Gasteiger partial charge < -0.3 is 10.1 Å². The van der Waals surface area contributed by atoms with Gasteiger partial charge in [0.15, 0.2) is 5.82 Å². The molecule has 2 N–H and O–H groups in total. The second-order valence-electron chi connectivity index (χ2n) is 6.78. The number of aromatic amines is 1. The van der Waals surface area contributed by atoms with Crippen LogP contribution in [0.3, 0.4) is 0 Å². The molecule has 0 unspecified atom stereocenters. The highest BCUT2D eigenvalue weighted by Crippen LogP contribution is 2.25. The van der Waals surface area contributed by atoms with Gasteiger partial charge in [0, 0.05) is 18.8 Å². The number of morpholine rings is 1. The molecule has 3 heterocycles. The van der Waals surface area contributed by atoms with Crippen LogP contribution in [0, 0.1) is 6.92 Å². The number of rotatable bonds is 7. The average Bonchev–Trinajstić information content (AvgIpc) is 3.46. The normalized spacial score (nSPS) is 15.1. The number of nitrogens with zero attached hydrogens (tertiary/aromatic N) is 3. The molecule has 0 aliphatic carbocycles. The van der Waals surface area contributed by atoms with Crippen molar-refractivity contribution in [3.8, 4) is 10.7 Å². The predicted molar refractivity (Wildman–Crippen MR) is 120 cm³/mol. The molecule has 1 amide bonds. The molecular formula is C19H21N5O4S3. The molecule has 0 saturated carbocycles. The van der Waals surface area contributed by atoms with Crippen LogP contribution in [0.25, 0.3) is 10.7 Å². The molecule has 1 aliphatic heterocycles. The summed E-state index contributed by atoms with van der Waals surface area (Å²) in [6.45, 7) is 3.13. The van der Waals surface area contributed by atoms with Gasteiger partial charge in [0.05, 0.1) is 28.7 Å². The molecule has 164 valence electrons. The Bertz CT molecular complexity index is 1160. The molecule has 1 saturated heterocycles. The number of carbonyl (C=O) groups excluding carboxylic acids is 1. The zero-order valence-corrected chi connectivity index (χ0v) is 19.1. The SMILES string of the molecule is Cc1ccc(NC(=O)CSc2n[nH]c(-c3cccs3)n2)cc1S(=O)(=O)N1CCOCC1. The summed E-state index contributed by atoms with van der Waals surface area (Å²) in [4.78, 5) is 17.9. The first-order valence-electron chi connectivity index (χ1n) is 9.51. The van der Waals surface area contributed by atoms with Crippen molar-refractivity contribution in [3.63, 3.8) is 0 Å². The van der Waals surface area contributed by atoms with Crippen LogP contribution in [0.15, 0.2) is 45.8 Å². The Morgan fingerprint density at radius 2 is 2.13 bits per heavy atom. The summed E-state index contributed by atoms with van der Waals surface area (Å²) in [5, 5.41) is 12.2. The monoisotopic (exact) mass is 479 g/mol. The van der Waals surface area contributed by atoms with Gasteiger partial charge >= 0.3 is 0 Å². The quantitative estimate of drug-likeness (QED) is 0.500. The molecule has 9 nitrogen and oxygen atoms in total. The first-order valence-corrected chi connectivity index (χ1v) is 12.8. The van der Waals surface area contributed by atoms with E-state index in [4.69, 9.17) is 4.74 Å². The minimum absolute atomic E-state index is 0.0984. The lowest BCUT2D eigenvalue weighted by Crippen LogP contribution is -2.40. The molecule has 1 aliphatic rings. The highest BCUT2D eigenvalue weighted by Gasteiger charge is 2.28. The van der Waals surface area contributed by atoms with Crippen LogP contribution in [0.2, 0.25) is 0 Å². The van der Waals surface area contributed by atoms with Crippen molar-refractivity contribution in [2.45, 2.75) is 17.0 Å². The van der Waals surface area contributed by atoms with Gasteiger partial charge in [0.1, 0.15) is 0 Å². The zero-order chi connectivity index (χ0) is 21.8. The molecule has 4 rings (SSSR count). The Morgan fingerprint density at radius 3 is 2.87 bits per heavy atom. The topological polar surface area (TPSA) is 117 Å². The Kier molecular flexibility index (Phi) is 6.72. The summed E-state index contributed by atoms with van der Waals surface area (Å²) in [5.74, 6) is 0.488. The fourth-order valence-electron chi connectivity index (χ4n) is 3.04. The van der Waals surface area contributed by atoms with E-state index < -0.39 is 10.0 Å². The number of thiophene rings is 1. The number of ether oxygens (including phenoxy) is 1. The zero-order valence-electron chi connectivity index (χ0n) is 16.7.